The third-order valence-electron chi connectivity index (χ3n) is 8.17. The van der Waals surface area contributed by atoms with Crippen LogP contribution in [0.1, 0.15) is 30.7 Å². The maximum Gasteiger partial charge on any atom is 0.312 e. The van der Waals surface area contributed by atoms with Gasteiger partial charge in [0.1, 0.15) is 11.8 Å². The highest BCUT2D eigenvalue weighted by Gasteiger charge is 2.49. The maximum atomic E-state index is 14.2. The third kappa shape index (κ3) is 5.41. The molecule has 0 saturated carbocycles. The molecule has 0 aliphatic carbocycles. The van der Waals surface area contributed by atoms with Crippen molar-refractivity contribution in [3.05, 3.63) is 121 Å². The Hall–Kier alpha value is -4.70. The molecule has 1 fully saturated rings. The zero-order chi connectivity index (χ0) is 30.1. The molecular weight excluding hydrogens is 557 g/mol. The summed E-state index contributed by atoms with van der Waals surface area (Å²) in [4.78, 5) is 11.9. The fraction of sp³-hybridized carbons (Fsp3) is 0.229. The van der Waals surface area contributed by atoms with Gasteiger partial charge in [0.25, 0.3) is 0 Å². The summed E-state index contributed by atoms with van der Waals surface area (Å²) in [7, 11) is 0. The Morgan fingerprint density at radius 1 is 0.932 bits per heavy atom. The molecule has 2 aromatic heterocycles. The second-order valence-corrected chi connectivity index (χ2v) is 11.1. The van der Waals surface area contributed by atoms with Crippen molar-refractivity contribution in [1.82, 2.24) is 19.5 Å². The van der Waals surface area contributed by atoms with Gasteiger partial charge in [-0.05, 0) is 51.7 Å². The maximum absolute atomic E-state index is 14.2. The van der Waals surface area contributed by atoms with E-state index in [1.807, 2.05) is 43.3 Å². The van der Waals surface area contributed by atoms with Crippen LogP contribution in [-0.4, -0.2) is 37.8 Å². The van der Waals surface area contributed by atoms with E-state index in [2.05, 4.69) is 75.6 Å². The number of anilines is 1. The molecular formula is C35H32FN5O3. The van der Waals surface area contributed by atoms with Gasteiger partial charge in [-0.3, -0.25) is 4.57 Å². The van der Waals surface area contributed by atoms with Gasteiger partial charge in [0.2, 0.25) is 0 Å². The van der Waals surface area contributed by atoms with Crippen molar-refractivity contribution in [2.45, 2.75) is 44.5 Å². The van der Waals surface area contributed by atoms with Crippen LogP contribution in [0.15, 0.2) is 103 Å². The Balaban J connectivity index is 1.17. The van der Waals surface area contributed by atoms with E-state index < -0.39 is 24.0 Å². The van der Waals surface area contributed by atoms with Gasteiger partial charge in [-0.25, -0.2) is 4.98 Å². The van der Waals surface area contributed by atoms with Gasteiger partial charge in [-0.15, -0.1) is 0 Å². The molecule has 1 saturated heterocycles. The van der Waals surface area contributed by atoms with Crippen molar-refractivity contribution in [2.75, 3.05) is 12.3 Å². The predicted molar refractivity (Wildman–Crippen MR) is 168 cm³/mol. The molecule has 222 valence electrons. The molecule has 3 heterocycles. The van der Waals surface area contributed by atoms with Gasteiger partial charge in [0, 0.05) is 6.42 Å². The minimum absolute atomic E-state index is 0.0215. The molecule has 0 spiro atoms. The number of halogens is 1. The van der Waals surface area contributed by atoms with Crippen LogP contribution in [0.2, 0.25) is 0 Å². The van der Waals surface area contributed by atoms with E-state index in [0.29, 0.717) is 25.2 Å². The lowest BCUT2D eigenvalue weighted by molar-refractivity contribution is -0.128. The molecule has 8 nitrogen and oxygen atoms in total. The highest BCUT2D eigenvalue weighted by atomic mass is 19.1. The summed E-state index contributed by atoms with van der Waals surface area (Å²) in [5.41, 5.74) is 7.71. The summed E-state index contributed by atoms with van der Waals surface area (Å²) in [6, 6.07) is 29.1. The molecule has 7 rings (SSSR count). The number of fused-ring (bicyclic) bond motifs is 3. The number of benzene rings is 4. The van der Waals surface area contributed by atoms with E-state index in [1.165, 1.54) is 10.8 Å². The van der Waals surface area contributed by atoms with Gasteiger partial charge < -0.3 is 19.9 Å². The van der Waals surface area contributed by atoms with E-state index in [-0.39, 0.29) is 18.1 Å². The monoisotopic (exact) mass is 589 g/mol. The number of ether oxygens (including phenoxy) is 3. The smallest absolute Gasteiger partial charge is 0.312 e. The lowest BCUT2D eigenvalue weighted by atomic mass is 9.96. The Morgan fingerprint density at radius 3 is 2.27 bits per heavy atom. The largest absolute Gasteiger partial charge is 0.382 e. The predicted octanol–water partition coefficient (Wildman–Crippen LogP) is 6.89. The highest BCUT2D eigenvalue weighted by Crippen LogP contribution is 2.42. The van der Waals surface area contributed by atoms with Gasteiger partial charge >= 0.3 is 6.08 Å². The quantitative estimate of drug-likeness (QED) is 0.145. The van der Waals surface area contributed by atoms with Crippen molar-refractivity contribution < 1.29 is 18.6 Å². The summed E-state index contributed by atoms with van der Waals surface area (Å²) in [6.07, 6.45) is 4.07. The fourth-order valence-electron chi connectivity index (χ4n) is 6.05. The Bertz CT molecular complexity index is 1990. The molecule has 1 aliphatic heterocycles. The van der Waals surface area contributed by atoms with E-state index in [0.717, 1.165) is 21.9 Å². The van der Waals surface area contributed by atoms with E-state index in [4.69, 9.17) is 19.9 Å². The molecule has 4 aromatic carbocycles. The number of hydrogen-bond donors (Lipinski definition) is 1. The minimum atomic E-state index is -0.930. The standard InChI is InChI=1S/C35H32FN5O3/c1-2-15-35(21-42-19-23-11-13-25-7-3-5-9-27(25)16-23)29(43-20-24-12-14-26-8-4-6-10-28(26)17-24)18-30(44-35)41-22-38-31-32(37)39-34(36)40-33(31)41/h2-17,22,29-30H,18-21H2,1H3,(H2,37,39,40)/b15-2+/t29-,30+,35+/m0/s1. The fourth-order valence-corrected chi connectivity index (χ4v) is 6.05. The van der Waals surface area contributed by atoms with Crippen molar-refractivity contribution >= 4 is 38.5 Å². The first-order valence-corrected chi connectivity index (χ1v) is 14.6. The van der Waals surface area contributed by atoms with Crippen LogP contribution >= 0.6 is 0 Å². The normalized spacial score (nSPS) is 20.4. The van der Waals surface area contributed by atoms with Crippen molar-refractivity contribution in [2.24, 2.45) is 0 Å². The van der Waals surface area contributed by atoms with Gasteiger partial charge in [-0.1, -0.05) is 84.9 Å². The summed E-state index contributed by atoms with van der Waals surface area (Å²) in [5.74, 6) is -0.0215. The first kappa shape index (κ1) is 28.1. The van der Waals surface area contributed by atoms with Crippen LogP contribution in [0.4, 0.5) is 10.2 Å². The average Bonchev–Trinajstić information content (AvgIpc) is 3.62. The zero-order valence-electron chi connectivity index (χ0n) is 24.3. The van der Waals surface area contributed by atoms with Crippen molar-refractivity contribution in [3.8, 4) is 0 Å². The molecule has 2 N–H and O–H groups in total. The second kappa shape index (κ2) is 11.8. The van der Waals surface area contributed by atoms with Gasteiger partial charge in [0.15, 0.2) is 17.0 Å². The van der Waals surface area contributed by atoms with Crippen LogP contribution in [0.3, 0.4) is 0 Å². The number of nitrogen functional groups attached to an aromatic ring is 1. The minimum Gasteiger partial charge on any atom is -0.382 e. The zero-order valence-corrected chi connectivity index (χ0v) is 24.3. The topological polar surface area (TPSA) is 97.3 Å². The number of nitrogens with zero attached hydrogens (tertiary/aromatic N) is 4. The number of nitrogens with two attached hydrogens (primary N) is 1. The molecule has 1 aliphatic rings. The Kier molecular flexibility index (Phi) is 7.51. The molecule has 6 aromatic rings. The van der Waals surface area contributed by atoms with Crippen LogP contribution in [-0.2, 0) is 27.4 Å². The number of allylic oxidation sites excluding steroid dienone is 1. The van der Waals surface area contributed by atoms with Gasteiger partial charge in [-0.2, -0.15) is 14.4 Å². The molecule has 9 heteroatoms. The molecule has 3 atom stereocenters. The van der Waals surface area contributed by atoms with Crippen molar-refractivity contribution in [3.63, 3.8) is 0 Å². The van der Waals surface area contributed by atoms with E-state index in [9.17, 15) is 4.39 Å². The third-order valence-corrected chi connectivity index (χ3v) is 8.17. The molecule has 44 heavy (non-hydrogen) atoms. The molecule has 0 radical (unpaired) electrons. The van der Waals surface area contributed by atoms with Crippen LogP contribution in [0.5, 0.6) is 0 Å². The van der Waals surface area contributed by atoms with Gasteiger partial charge in [0.05, 0.1) is 32.3 Å². The number of hydrogen-bond acceptors (Lipinski definition) is 7. The molecule has 0 bridgehead atoms. The lowest BCUT2D eigenvalue weighted by Gasteiger charge is -2.31. The van der Waals surface area contributed by atoms with Crippen molar-refractivity contribution in [1.29, 1.82) is 0 Å². The first-order valence-electron chi connectivity index (χ1n) is 14.6. The summed E-state index contributed by atoms with van der Waals surface area (Å²) in [6.45, 7) is 2.96. The Morgan fingerprint density at radius 2 is 1.59 bits per heavy atom. The average molecular weight is 590 g/mol. The number of imidazole rings is 1. The number of rotatable bonds is 9. The molecule has 0 amide bonds. The van der Waals surface area contributed by atoms with E-state index in [1.54, 1.807) is 10.9 Å². The van der Waals surface area contributed by atoms with Crippen LogP contribution < -0.4 is 5.73 Å². The van der Waals surface area contributed by atoms with Crippen LogP contribution in [0.25, 0.3) is 32.7 Å². The molecule has 0 unspecified atom stereocenters. The second-order valence-electron chi connectivity index (χ2n) is 11.1. The number of aromatic nitrogens is 4. The lowest BCUT2D eigenvalue weighted by Crippen LogP contribution is -2.43. The highest BCUT2D eigenvalue weighted by molar-refractivity contribution is 5.84. The summed E-state index contributed by atoms with van der Waals surface area (Å²) in [5, 5.41) is 4.66. The summed E-state index contributed by atoms with van der Waals surface area (Å²) < 4.78 is 35.6. The SMILES string of the molecule is C/C=C/[C@]1(COCc2ccc3ccccc3c2)O[C@@H](n2cnc3c(N)nc(F)nc32)C[C@@H]1OCc1ccc2ccccc2c1. The Labute approximate surface area is 253 Å². The first-order chi connectivity index (χ1) is 21.5. The summed E-state index contributed by atoms with van der Waals surface area (Å²) >= 11 is 0. The van der Waals surface area contributed by atoms with Crippen LogP contribution in [0, 0.1) is 6.08 Å². The van der Waals surface area contributed by atoms with E-state index >= 15 is 0 Å².